The van der Waals surface area contributed by atoms with Gasteiger partial charge >= 0.3 is 0 Å². The van der Waals surface area contributed by atoms with Crippen molar-refractivity contribution in [2.45, 2.75) is 327 Å². The second kappa shape index (κ2) is 55.2. The van der Waals surface area contributed by atoms with E-state index < -0.39 is 36.9 Å². The number of unbranched alkanes of at least 4 members (excludes halogenated alkanes) is 37. The molecule has 6 nitrogen and oxygen atoms in total. The van der Waals surface area contributed by atoms with Crippen molar-refractivity contribution in [3.05, 3.63) is 48.6 Å². The molecule has 0 saturated heterocycles. The van der Waals surface area contributed by atoms with Gasteiger partial charge < -0.3 is 25.7 Å². The van der Waals surface area contributed by atoms with Gasteiger partial charge in [0, 0.05) is 0 Å². The van der Waals surface area contributed by atoms with E-state index in [0.717, 1.165) is 64.2 Å². The van der Waals surface area contributed by atoms with Crippen LogP contribution >= 0.6 is 0 Å². The van der Waals surface area contributed by atoms with Crippen molar-refractivity contribution >= 4 is 5.91 Å². The predicted molar refractivity (Wildman–Crippen MR) is 293 cm³/mol. The molecule has 0 heterocycles. The lowest BCUT2D eigenvalue weighted by molar-refractivity contribution is -0.132. The first-order valence-electron chi connectivity index (χ1n) is 29.5. The average Bonchev–Trinajstić information content (AvgIpc) is 3.33. The van der Waals surface area contributed by atoms with Gasteiger partial charge in [-0.25, -0.2) is 0 Å². The molecule has 1 amide bonds. The Morgan fingerprint density at radius 1 is 0.358 bits per heavy atom. The Bertz CT molecular complexity index is 1100. The largest absolute Gasteiger partial charge is 0.394 e. The quantitative estimate of drug-likeness (QED) is 0.0308. The Kier molecular flexibility index (Phi) is 53.8. The van der Waals surface area contributed by atoms with E-state index in [1.165, 1.54) is 205 Å². The molecule has 0 aliphatic rings. The molecule has 0 aliphatic heterocycles. The summed E-state index contributed by atoms with van der Waals surface area (Å²) < 4.78 is 0. The molecule has 6 heteroatoms. The van der Waals surface area contributed by atoms with Gasteiger partial charge in [-0.05, 0) is 89.9 Å². The molecule has 0 fully saturated rings. The fraction of sp³-hybridized carbons (Fsp3) is 0.852. The minimum Gasteiger partial charge on any atom is -0.394 e. The lowest BCUT2D eigenvalue weighted by Crippen LogP contribution is -2.53. The number of nitrogens with one attached hydrogen (secondary N) is 1. The number of hydrogen-bond acceptors (Lipinski definition) is 5. The highest BCUT2D eigenvalue weighted by Crippen LogP contribution is 2.17. The normalized spacial score (nSPS) is 14.1. The predicted octanol–water partition coefficient (Wildman–Crippen LogP) is 17.4. The van der Waals surface area contributed by atoms with E-state index >= 15 is 0 Å². The van der Waals surface area contributed by atoms with Crippen LogP contribution in [0.1, 0.15) is 303 Å². The zero-order valence-electron chi connectivity index (χ0n) is 44.7. The van der Waals surface area contributed by atoms with E-state index in [2.05, 4.69) is 67.8 Å². The highest BCUT2D eigenvalue weighted by atomic mass is 16.3. The maximum absolute atomic E-state index is 12.6. The molecule has 0 aromatic heterocycles. The molecule has 394 valence electrons. The minimum absolute atomic E-state index is 0.351. The first kappa shape index (κ1) is 65.3. The Morgan fingerprint density at radius 3 is 0.940 bits per heavy atom. The van der Waals surface area contributed by atoms with Gasteiger partial charge in [-0.3, -0.25) is 4.79 Å². The van der Waals surface area contributed by atoms with Crippen LogP contribution in [0.4, 0.5) is 0 Å². The Hall–Kier alpha value is -1.73. The summed E-state index contributed by atoms with van der Waals surface area (Å²) in [6.45, 7) is 4.06. The van der Waals surface area contributed by atoms with Gasteiger partial charge in [0.25, 0.3) is 0 Å². The zero-order chi connectivity index (χ0) is 48.8. The molecule has 5 N–H and O–H groups in total. The van der Waals surface area contributed by atoms with Crippen molar-refractivity contribution in [3.8, 4) is 0 Å². The van der Waals surface area contributed by atoms with E-state index in [-0.39, 0.29) is 0 Å². The van der Waals surface area contributed by atoms with Crippen molar-refractivity contribution in [1.82, 2.24) is 5.32 Å². The molecule has 0 rings (SSSR count). The summed E-state index contributed by atoms with van der Waals surface area (Å²) in [7, 11) is 0. The van der Waals surface area contributed by atoms with Crippen LogP contribution in [0.25, 0.3) is 0 Å². The summed E-state index contributed by atoms with van der Waals surface area (Å²) in [5.74, 6) is -0.602. The molecule has 0 aromatic carbocycles. The number of aliphatic hydroxyl groups excluding tert-OH is 4. The third kappa shape index (κ3) is 49.1. The number of hydrogen-bond donors (Lipinski definition) is 5. The molecule has 0 saturated carbocycles. The standard InChI is InChI=1S/C61H115NO5/c1-3-5-7-9-11-13-15-17-19-21-23-25-26-27-28-29-30-31-32-33-34-35-37-38-40-42-44-46-48-50-52-54-58(64)60(66)57(56-63)62-61(67)59(65)55-53-51-49-47-45-43-41-39-36-24-22-20-18-16-14-12-10-8-6-4-2/h33-34,36,38-40,46,48,57-60,63-66H,3-32,35,37,41-45,47,49-56H2,1-2H3,(H,62,67)/b34-33+,39-36-,40-38+,48-46+. The molecule has 0 bridgehead atoms. The SMILES string of the molecule is CCCCCCCCCCCC/C=C\CCCCCCCCC(O)C(=O)NC(CO)C(O)C(O)CCC/C=C/CC/C=C/CC/C=C/CCCCCCCCCCCCCCCCCCCC. The van der Waals surface area contributed by atoms with Gasteiger partial charge in [0.05, 0.1) is 18.8 Å². The van der Waals surface area contributed by atoms with Crippen LogP contribution in [0.2, 0.25) is 0 Å². The van der Waals surface area contributed by atoms with E-state index in [1.807, 2.05) is 0 Å². The Morgan fingerprint density at radius 2 is 0.627 bits per heavy atom. The summed E-state index contributed by atoms with van der Waals surface area (Å²) >= 11 is 0. The van der Waals surface area contributed by atoms with Gasteiger partial charge in [-0.2, -0.15) is 0 Å². The number of carbonyl (C=O) groups is 1. The zero-order valence-corrected chi connectivity index (χ0v) is 44.7. The molecule has 4 unspecified atom stereocenters. The number of rotatable bonds is 54. The van der Waals surface area contributed by atoms with Crippen molar-refractivity contribution in [3.63, 3.8) is 0 Å². The second-order valence-corrected chi connectivity index (χ2v) is 20.3. The van der Waals surface area contributed by atoms with Crippen molar-refractivity contribution in [2.75, 3.05) is 6.61 Å². The highest BCUT2D eigenvalue weighted by Gasteiger charge is 2.28. The number of carbonyl (C=O) groups excluding carboxylic acids is 1. The van der Waals surface area contributed by atoms with Crippen molar-refractivity contribution in [1.29, 1.82) is 0 Å². The van der Waals surface area contributed by atoms with Crippen LogP contribution in [-0.4, -0.2) is 57.3 Å². The summed E-state index contributed by atoms with van der Waals surface area (Å²) in [5.41, 5.74) is 0. The molecule has 4 atom stereocenters. The Balaban J connectivity index is 3.70. The Labute approximate surface area is 417 Å². The molecular formula is C61H115NO5. The van der Waals surface area contributed by atoms with Crippen LogP contribution in [0.15, 0.2) is 48.6 Å². The fourth-order valence-corrected chi connectivity index (χ4v) is 9.08. The summed E-state index contributed by atoms with van der Waals surface area (Å²) in [6, 6.07) is -1.02. The summed E-state index contributed by atoms with van der Waals surface area (Å²) in [6.07, 6.45) is 70.5. The third-order valence-corrected chi connectivity index (χ3v) is 13.7. The van der Waals surface area contributed by atoms with Gasteiger partial charge in [0.15, 0.2) is 0 Å². The van der Waals surface area contributed by atoms with Gasteiger partial charge in [0.1, 0.15) is 12.2 Å². The average molecular weight is 943 g/mol. The lowest BCUT2D eigenvalue weighted by Gasteiger charge is -2.27. The lowest BCUT2D eigenvalue weighted by atomic mass is 10.00. The summed E-state index contributed by atoms with van der Waals surface area (Å²) in [5, 5.41) is 44.0. The number of aliphatic hydroxyl groups is 4. The van der Waals surface area contributed by atoms with E-state index in [4.69, 9.17) is 0 Å². The van der Waals surface area contributed by atoms with Gasteiger partial charge in [-0.1, -0.05) is 262 Å². The van der Waals surface area contributed by atoms with Crippen molar-refractivity contribution in [2.24, 2.45) is 0 Å². The van der Waals surface area contributed by atoms with Crippen LogP contribution in [0.3, 0.4) is 0 Å². The minimum atomic E-state index is -1.30. The molecular weight excluding hydrogens is 827 g/mol. The van der Waals surface area contributed by atoms with E-state index in [9.17, 15) is 25.2 Å². The number of amides is 1. The molecule has 0 spiro atoms. The fourth-order valence-electron chi connectivity index (χ4n) is 9.08. The summed E-state index contributed by atoms with van der Waals surface area (Å²) in [4.78, 5) is 12.6. The van der Waals surface area contributed by atoms with Crippen LogP contribution in [-0.2, 0) is 4.79 Å². The van der Waals surface area contributed by atoms with E-state index in [0.29, 0.717) is 19.3 Å². The first-order chi connectivity index (χ1) is 33.0. The number of allylic oxidation sites excluding steroid dienone is 8. The maximum atomic E-state index is 12.6. The second-order valence-electron chi connectivity index (χ2n) is 20.3. The molecule has 0 radical (unpaired) electrons. The van der Waals surface area contributed by atoms with E-state index in [1.54, 1.807) is 0 Å². The third-order valence-electron chi connectivity index (χ3n) is 13.7. The topological polar surface area (TPSA) is 110 Å². The molecule has 0 aromatic rings. The highest BCUT2D eigenvalue weighted by molar-refractivity contribution is 5.80. The monoisotopic (exact) mass is 942 g/mol. The van der Waals surface area contributed by atoms with Crippen LogP contribution < -0.4 is 5.32 Å². The molecule has 67 heavy (non-hydrogen) atoms. The van der Waals surface area contributed by atoms with Crippen LogP contribution in [0.5, 0.6) is 0 Å². The van der Waals surface area contributed by atoms with Crippen LogP contribution in [0, 0.1) is 0 Å². The van der Waals surface area contributed by atoms with Gasteiger partial charge in [-0.15, -0.1) is 0 Å². The molecule has 0 aliphatic carbocycles. The first-order valence-corrected chi connectivity index (χ1v) is 29.5. The van der Waals surface area contributed by atoms with Gasteiger partial charge in [0.2, 0.25) is 5.91 Å². The van der Waals surface area contributed by atoms with Crippen molar-refractivity contribution < 1.29 is 25.2 Å². The smallest absolute Gasteiger partial charge is 0.249 e. The maximum Gasteiger partial charge on any atom is 0.249 e.